The molecule has 14 heavy (non-hydrogen) atoms. The van der Waals surface area contributed by atoms with Crippen molar-refractivity contribution in [1.82, 2.24) is 0 Å². The van der Waals surface area contributed by atoms with Crippen LogP contribution in [0.5, 0.6) is 11.5 Å². The van der Waals surface area contributed by atoms with E-state index < -0.39 is 0 Å². The lowest BCUT2D eigenvalue weighted by Gasteiger charge is -2.09. The number of alkyl halides is 1. The van der Waals surface area contributed by atoms with E-state index in [0.717, 1.165) is 11.8 Å². The van der Waals surface area contributed by atoms with Gasteiger partial charge in [-0.05, 0) is 18.6 Å². The molecule has 0 bridgehead atoms. The van der Waals surface area contributed by atoms with Crippen LogP contribution in [0.3, 0.4) is 0 Å². The molecular weight excluding hydrogens is 251 g/mol. The van der Waals surface area contributed by atoms with Crippen molar-refractivity contribution in [2.24, 2.45) is 0 Å². The van der Waals surface area contributed by atoms with Crippen LogP contribution in [0.1, 0.15) is 6.42 Å². The maximum Gasteiger partial charge on any atom is 0.163 e. The predicted molar refractivity (Wildman–Crippen MR) is 56.9 cm³/mol. The van der Waals surface area contributed by atoms with Crippen LogP contribution in [0, 0.1) is 5.82 Å². The second kappa shape index (κ2) is 5.86. The molecule has 0 fully saturated rings. The Kier molecular flexibility index (Phi) is 4.73. The third-order valence-corrected chi connectivity index (χ3v) is 2.22. The van der Waals surface area contributed by atoms with Crippen LogP contribution in [-0.4, -0.2) is 19.0 Å². The molecule has 4 heteroatoms. The average Bonchev–Trinajstić information content (AvgIpc) is 2.20. The highest BCUT2D eigenvalue weighted by atomic mass is 79.9. The lowest BCUT2D eigenvalue weighted by molar-refractivity contribution is 0.294. The van der Waals surface area contributed by atoms with Gasteiger partial charge in [-0.1, -0.05) is 15.9 Å². The molecular formula is C10H12BrFO2. The van der Waals surface area contributed by atoms with E-state index in [1.165, 1.54) is 19.2 Å². The highest BCUT2D eigenvalue weighted by Gasteiger charge is 2.04. The van der Waals surface area contributed by atoms with E-state index in [-0.39, 0.29) is 5.82 Å². The van der Waals surface area contributed by atoms with Gasteiger partial charge in [0.05, 0.1) is 13.7 Å². The SMILES string of the molecule is COc1cc(F)ccc1OCCCBr. The second-order valence-corrected chi connectivity index (χ2v) is 3.48. The first-order chi connectivity index (χ1) is 6.77. The molecule has 0 heterocycles. The third-order valence-electron chi connectivity index (χ3n) is 1.66. The number of methoxy groups -OCH3 is 1. The second-order valence-electron chi connectivity index (χ2n) is 2.69. The highest BCUT2D eigenvalue weighted by Crippen LogP contribution is 2.27. The van der Waals surface area contributed by atoms with Crippen LogP contribution in [-0.2, 0) is 0 Å². The first-order valence-electron chi connectivity index (χ1n) is 4.30. The number of rotatable bonds is 5. The molecule has 0 unspecified atom stereocenters. The summed E-state index contributed by atoms with van der Waals surface area (Å²) in [5.41, 5.74) is 0. The van der Waals surface area contributed by atoms with Crippen molar-refractivity contribution >= 4 is 15.9 Å². The van der Waals surface area contributed by atoms with Crippen LogP contribution in [0.2, 0.25) is 0 Å². The van der Waals surface area contributed by atoms with E-state index in [0.29, 0.717) is 18.1 Å². The molecule has 1 aromatic carbocycles. The smallest absolute Gasteiger partial charge is 0.163 e. The van der Waals surface area contributed by atoms with E-state index in [1.807, 2.05) is 0 Å². The van der Waals surface area contributed by atoms with Crippen LogP contribution in [0.25, 0.3) is 0 Å². The number of hydrogen-bond acceptors (Lipinski definition) is 2. The Hall–Kier alpha value is -0.770. The lowest BCUT2D eigenvalue weighted by Crippen LogP contribution is -1.99. The van der Waals surface area contributed by atoms with Gasteiger partial charge in [-0.2, -0.15) is 0 Å². The molecule has 78 valence electrons. The molecule has 0 saturated heterocycles. The first-order valence-corrected chi connectivity index (χ1v) is 5.42. The summed E-state index contributed by atoms with van der Waals surface area (Å²) >= 11 is 3.30. The van der Waals surface area contributed by atoms with Crippen molar-refractivity contribution in [3.63, 3.8) is 0 Å². The largest absolute Gasteiger partial charge is 0.493 e. The normalized spacial score (nSPS) is 9.93. The zero-order chi connectivity index (χ0) is 10.4. The molecule has 0 atom stereocenters. The zero-order valence-electron chi connectivity index (χ0n) is 7.93. The number of halogens is 2. The van der Waals surface area contributed by atoms with Crippen molar-refractivity contribution in [3.05, 3.63) is 24.0 Å². The fraction of sp³-hybridized carbons (Fsp3) is 0.400. The molecule has 0 aliphatic carbocycles. The Morgan fingerprint density at radius 1 is 1.36 bits per heavy atom. The van der Waals surface area contributed by atoms with Gasteiger partial charge in [0.2, 0.25) is 0 Å². The number of hydrogen-bond donors (Lipinski definition) is 0. The quantitative estimate of drug-likeness (QED) is 0.600. The van der Waals surface area contributed by atoms with Gasteiger partial charge in [0.1, 0.15) is 5.82 Å². The zero-order valence-corrected chi connectivity index (χ0v) is 9.51. The Labute approximate surface area is 91.2 Å². The molecule has 0 radical (unpaired) electrons. The summed E-state index contributed by atoms with van der Waals surface area (Å²) in [5, 5.41) is 0.885. The standard InChI is InChI=1S/C10H12BrFO2/c1-13-10-7-8(12)3-4-9(10)14-6-2-5-11/h3-4,7H,2,5-6H2,1H3. The van der Waals surface area contributed by atoms with Gasteiger partial charge < -0.3 is 9.47 Å². The molecule has 1 rings (SSSR count). The third kappa shape index (κ3) is 3.18. The minimum atomic E-state index is -0.324. The van der Waals surface area contributed by atoms with Gasteiger partial charge in [0, 0.05) is 11.4 Å². The average molecular weight is 263 g/mol. The summed E-state index contributed by atoms with van der Waals surface area (Å²) in [4.78, 5) is 0. The van der Waals surface area contributed by atoms with E-state index in [1.54, 1.807) is 6.07 Å². The van der Waals surface area contributed by atoms with Crippen molar-refractivity contribution in [2.45, 2.75) is 6.42 Å². The van der Waals surface area contributed by atoms with Crippen LogP contribution < -0.4 is 9.47 Å². The maximum atomic E-state index is 12.8. The molecule has 0 N–H and O–H groups in total. The monoisotopic (exact) mass is 262 g/mol. The van der Waals surface area contributed by atoms with Gasteiger partial charge in [-0.15, -0.1) is 0 Å². The summed E-state index contributed by atoms with van der Waals surface area (Å²) < 4.78 is 23.2. The highest BCUT2D eigenvalue weighted by molar-refractivity contribution is 9.09. The van der Waals surface area contributed by atoms with Gasteiger partial charge >= 0.3 is 0 Å². The molecule has 0 spiro atoms. The summed E-state index contributed by atoms with van der Waals surface area (Å²) in [7, 11) is 1.49. The van der Waals surface area contributed by atoms with Gasteiger partial charge in [-0.3, -0.25) is 0 Å². The minimum absolute atomic E-state index is 0.324. The van der Waals surface area contributed by atoms with Crippen LogP contribution in [0.15, 0.2) is 18.2 Å². The molecule has 0 aromatic heterocycles. The lowest BCUT2D eigenvalue weighted by atomic mass is 10.3. The molecule has 1 aromatic rings. The summed E-state index contributed by atoms with van der Waals surface area (Å²) in [5.74, 6) is 0.684. The number of ether oxygens (including phenoxy) is 2. The maximum absolute atomic E-state index is 12.8. The van der Waals surface area contributed by atoms with E-state index >= 15 is 0 Å². The Morgan fingerprint density at radius 3 is 2.79 bits per heavy atom. The summed E-state index contributed by atoms with van der Waals surface area (Å²) in [6.07, 6.45) is 0.903. The van der Waals surface area contributed by atoms with E-state index in [2.05, 4.69) is 15.9 Å². The topological polar surface area (TPSA) is 18.5 Å². The van der Waals surface area contributed by atoms with Crippen LogP contribution >= 0.6 is 15.9 Å². The Morgan fingerprint density at radius 2 is 2.14 bits per heavy atom. The van der Waals surface area contributed by atoms with E-state index in [9.17, 15) is 4.39 Å². The predicted octanol–water partition coefficient (Wildman–Crippen LogP) is 3.00. The molecule has 0 amide bonds. The fourth-order valence-corrected chi connectivity index (χ4v) is 1.23. The molecule has 0 aliphatic rings. The van der Waals surface area contributed by atoms with Gasteiger partial charge in [0.25, 0.3) is 0 Å². The molecule has 0 saturated carbocycles. The fourth-order valence-electron chi connectivity index (χ4n) is 0.997. The van der Waals surface area contributed by atoms with Gasteiger partial charge in [0.15, 0.2) is 11.5 Å². The minimum Gasteiger partial charge on any atom is -0.493 e. The van der Waals surface area contributed by atoms with Crippen molar-refractivity contribution in [3.8, 4) is 11.5 Å². The summed E-state index contributed by atoms with van der Waals surface area (Å²) in [6, 6.07) is 4.23. The Bertz CT molecular complexity index is 291. The Balaban J connectivity index is 2.65. The van der Waals surface area contributed by atoms with Crippen LogP contribution in [0.4, 0.5) is 4.39 Å². The van der Waals surface area contributed by atoms with Crippen molar-refractivity contribution in [1.29, 1.82) is 0 Å². The van der Waals surface area contributed by atoms with Gasteiger partial charge in [-0.25, -0.2) is 4.39 Å². The summed E-state index contributed by atoms with van der Waals surface area (Å²) in [6.45, 7) is 0.591. The van der Waals surface area contributed by atoms with Crippen molar-refractivity contribution in [2.75, 3.05) is 19.0 Å². The van der Waals surface area contributed by atoms with Crippen molar-refractivity contribution < 1.29 is 13.9 Å². The molecule has 0 aliphatic heterocycles. The molecule has 2 nitrogen and oxygen atoms in total. The number of benzene rings is 1. The first kappa shape index (κ1) is 11.3. The van der Waals surface area contributed by atoms with E-state index in [4.69, 9.17) is 9.47 Å².